The minimum Gasteiger partial charge on any atom is -0.507 e. The van der Waals surface area contributed by atoms with Gasteiger partial charge in [0.05, 0.1) is 16.7 Å². The molecule has 2 rings (SSSR count). The lowest BCUT2D eigenvalue weighted by molar-refractivity contribution is 0.470. The van der Waals surface area contributed by atoms with Crippen LogP contribution in [0.25, 0.3) is 11.3 Å². The molecule has 5 nitrogen and oxygen atoms in total. The highest BCUT2D eigenvalue weighted by Gasteiger charge is 2.19. The highest BCUT2D eigenvalue weighted by Crippen LogP contribution is 2.31. The van der Waals surface area contributed by atoms with Crippen LogP contribution in [-0.4, -0.2) is 31.9 Å². The molecule has 0 fully saturated rings. The third kappa shape index (κ3) is 2.12. The molecule has 0 saturated carbocycles. The molecule has 0 spiro atoms. The molecule has 1 aromatic heterocycles. The molecule has 0 saturated heterocycles. The van der Waals surface area contributed by atoms with E-state index in [-0.39, 0.29) is 10.6 Å². The summed E-state index contributed by atoms with van der Waals surface area (Å²) in [6.07, 6.45) is 1.49. The Balaban J connectivity index is 2.50. The van der Waals surface area contributed by atoms with Crippen LogP contribution in [0.5, 0.6) is 5.75 Å². The van der Waals surface area contributed by atoms with Gasteiger partial charge in [0, 0.05) is 20.2 Å². The van der Waals surface area contributed by atoms with Crippen LogP contribution in [-0.2, 0) is 10.0 Å². The van der Waals surface area contributed by atoms with Gasteiger partial charge in [-0.25, -0.2) is 12.7 Å². The fourth-order valence-corrected chi connectivity index (χ4v) is 2.45. The normalized spacial score (nSPS) is 11.9. The van der Waals surface area contributed by atoms with Crippen LogP contribution >= 0.6 is 0 Å². The van der Waals surface area contributed by atoms with Crippen molar-refractivity contribution in [1.82, 2.24) is 4.31 Å². The molecule has 1 aromatic carbocycles. The van der Waals surface area contributed by atoms with Gasteiger partial charge in [0.15, 0.2) is 0 Å². The zero-order chi connectivity index (χ0) is 13.3. The third-order valence-corrected chi connectivity index (χ3v) is 4.35. The minimum absolute atomic E-state index is 0.0420. The summed E-state index contributed by atoms with van der Waals surface area (Å²) in [7, 11) is -0.668. The Kier molecular flexibility index (Phi) is 3.14. The van der Waals surface area contributed by atoms with Gasteiger partial charge < -0.3 is 9.52 Å². The van der Waals surface area contributed by atoms with E-state index in [2.05, 4.69) is 0 Å². The SMILES string of the molecule is CN(C)S(=O)(=O)c1ccc(-c2ccco2)c(O)c1. The highest BCUT2D eigenvalue weighted by molar-refractivity contribution is 7.89. The lowest BCUT2D eigenvalue weighted by Gasteiger charge is -2.12. The maximum Gasteiger partial charge on any atom is 0.242 e. The Labute approximate surface area is 105 Å². The number of hydrogen-bond donors (Lipinski definition) is 1. The van der Waals surface area contributed by atoms with E-state index < -0.39 is 10.0 Å². The number of hydrogen-bond acceptors (Lipinski definition) is 4. The monoisotopic (exact) mass is 267 g/mol. The minimum atomic E-state index is -3.54. The van der Waals surface area contributed by atoms with Crippen molar-refractivity contribution in [2.75, 3.05) is 14.1 Å². The molecule has 0 bridgehead atoms. The molecule has 0 amide bonds. The molecule has 0 radical (unpaired) electrons. The van der Waals surface area contributed by atoms with Gasteiger partial charge in [-0.1, -0.05) is 0 Å². The average molecular weight is 267 g/mol. The Bertz CT molecular complexity index is 645. The van der Waals surface area contributed by atoms with Gasteiger partial charge >= 0.3 is 0 Å². The van der Waals surface area contributed by atoms with Crippen molar-refractivity contribution in [2.24, 2.45) is 0 Å². The first-order valence-corrected chi connectivity index (χ1v) is 6.66. The number of rotatable bonds is 3. The fraction of sp³-hybridized carbons (Fsp3) is 0.167. The van der Waals surface area contributed by atoms with Gasteiger partial charge in [0.2, 0.25) is 10.0 Å². The zero-order valence-electron chi connectivity index (χ0n) is 9.99. The first kappa shape index (κ1) is 12.7. The van der Waals surface area contributed by atoms with Crippen molar-refractivity contribution < 1.29 is 17.9 Å². The molecular formula is C12H13NO4S. The quantitative estimate of drug-likeness (QED) is 0.922. The molecule has 2 aromatic rings. The van der Waals surface area contributed by atoms with Crippen LogP contribution in [0.3, 0.4) is 0 Å². The summed E-state index contributed by atoms with van der Waals surface area (Å²) in [5.74, 6) is 0.356. The second kappa shape index (κ2) is 4.47. The lowest BCUT2D eigenvalue weighted by Crippen LogP contribution is -2.22. The number of aromatic hydroxyl groups is 1. The second-order valence-electron chi connectivity index (χ2n) is 3.94. The predicted molar refractivity (Wildman–Crippen MR) is 66.7 cm³/mol. The molecule has 1 heterocycles. The van der Waals surface area contributed by atoms with E-state index in [1.54, 1.807) is 12.1 Å². The molecule has 0 unspecified atom stereocenters. The first-order valence-electron chi connectivity index (χ1n) is 5.22. The molecule has 0 aliphatic heterocycles. The van der Waals surface area contributed by atoms with Crippen LogP contribution in [0.15, 0.2) is 45.9 Å². The summed E-state index contributed by atoms with van der Waals surface area (Å²) in [4.78, 5) is 0.0420. The van der Waals surface area contributed by atoms with Gasteiger partial charge in [-0.05, 0) is 24.3 Å². The number of nitrogens with zero attached hydrogens (tertiary/aromatic N) is 1. The second-order valence-corrected chi connectivity index (χ2v) is 6.10. The Morgan fingerprint density at radius 3 is 2.44 bits per heavy atom. The number of sulfonamides is 1. The van der Waals surface area contributed by atoms with Gasteiger partial charge in [0.1, 0.15) is 11.5 Å². The zero-order valence-corrected chi connectivity index (χ0v) is 10.8. The molecular weight excluding hydrogens is 254 g/mol. The molecule has 96 valence electrons. The van der Waals surface area contributed by atoms with Crippen molar-refractivity contribution in [2.45, 2.75) is 4.90 Å². The highest BCUT2D eigenvalue weighted by atomic mass is 32.2. The first-order chi connectivity index (χ1) is 8.43. The van der Waals surface area contributed by atoms with Crippen LogP contribution in [0.4, 0.5) is 0 Å². The topological polar surface area (TPSA) is 70.8 Å². The third-order valence-electron chi connectivity index (χ3n) is 2.53. The molecule has 6 heteroatoms. The molecule has 0 aliphatic carbocycles. The van der Waals surface area contributed by atoms with Crippen molar-refractivity contribution >= 4 is 10.0 Å². The van der Waals surface area contributed by atoms with E-state index in [1.165, 1.54) is 38.6 Å². The van der Waals surface area contributed by atoms with Crippen molar-refractivity contribution in [3.63, 3.8) is 0 Å². The number of phenols is 1. The molecule has 0 atom stereocenters. The van der Waals surface area contributed by atoms with Crippen LogP contribution in [0.1, 0.15) is 0 Å². The van der Waals surface area contributed by atoms with Gasteiger partial charge in [0.25, 0.3) is 0 Å². The van der Waals surface area contributed by atoms with Crippen molar-refractivity contribution in [3.05, 3.63) is 36.6 Å². The van der Waals surface area contributed by atoms with Crippen molar-refractivity contribution in [1.29, 1.82) is 0 Å². The maximum atomic E-state index is 11.9. The smallest absolute Gasteiger partial charge is 0.242 e. The van der Waals surface area contributed by atoms with E-state index in [0.717, 1.165) is 4.31 Å². The van der Waals surface area contributed by atoms with Crippen molar-refractivity contribution in [3.8, 4) is 17.1 Å². The van der Waals surface area contributed by atoms with E-state index in [1.807, 2.05) is 0 Å². The summed E-state index contributed by atoms with van der Waals surface area (Å²) >= 11 is 0. The Morgan fingerprint density at radius 2 is 1.94 bits per heavy atom. The summed E-state index contributed by atoms with van der Waals surface area (Å²) < 4.78 is 30.0. The largest absolute Gasteiger partial charge is 0.507 e. The van der Waals surface area contributed by atoms with E-state index in [4.69, 9.17) is 4.42 Å². The summed E-state index contributed by atoms with van der Waals surface area (Å²) in [6, 6.07) is 7.55. The average Bonchev–Trinajstić information content (AvgIpc) is 2.82. The summed E-state index contributed by atoms with van der Waals surface area (Å²) in [5, 5.41) is 9.87. The fourth-order valence-electron chi connectivity index (χ4n) is 1.52. The predicted octanol–water partition coefficient (Wildman–Crippen LogP) is 1.90. The van der Waals surface area contributed by atoms with Crippen LogP contribution < -0.4 is 0 Å². The van der Waals surface area contributed by atoms with Crippen LogP contribution in [0, 0.1) is 0 Å². The van der Waals surface area contributed by atoms with Gasteiger partial charge in [-0.2, -0.15) is 0 Å². The van der Waals surface area contributed by atoms with Gasteiger partial charge in [-0.3, -0.25) is 0 Å². The summed E-state index contributed by atoms with van der Waals surface area (Å²) in [5.41, 5.74) is 0.456. The molecule has 0 aliphatic rings. The Morgan fingerprint density at radius 1 is 1.22 bits per heavy atom. The number of benzene rings is 1. The maximum absolute atomic E-state index is 11.9. The Hall–Kier alpha value is -1.79. The van der Waals surface area contributed by atoms with Crippen LogP contribution in [0.2, 0.25) is 0 Å². The van der Waals surface area contributed by atoms with Gasteiger partial charge in [-0.15, -0.1) is 0 Å². The summed E-state index contributed by atoms with van der Waals surface area (Å²) in [6.45, 7) is 0. The van der Waals surface area contributed by atoms with E-state index in [9.17, 15) is 13.5 Å². The molecule has 1 N–H and O–H groups in total. The molecule has 18 heavy (non-hydrogen) atoms. The van der Waals surface area contributed by atoms with E-state index >= 15 is 0 Å². The number of phenolic OH excluding ortho intramolecular Hbond substituents is 1. The standard InChI is InChI=1S/C12H13NO4S/c1-13(2)18(15,16)9-5-6-10(11(14)8-9)12-4-3-7-17-12/h3-8,14H,1-2H3. The number of furan rings is 1. The van der Waals surface area contributed by atoms with E-state index in [0.29, 0.717) is 11.3 Å². The lowest BCUT2D eigenvalue weighted by atomic mass is 10.1.